The molecule has 0 aliphatic heterocycles. The lowest BCUT2D eigenvalue weighted by Gasteiger charge is -2.36. The van der Waals surface area contributed by atoms with Gasteiger partial charge >= 0.3 is 0 Å². The zero-order valence-electron chi connectivity index (χ0n) is 11.6. The van der Waals surface area contributed by atoms with Gasteiger partial charge in [-0.3, -0.25) is 4.79 Å². The Bertz CT molecular complexity index is 453. The minimum atomic E-state index is -0.684. The predicted octanol–water partition coefficient (Wildman–Crippen LogP) is 2.15. The monoisotopic (exact) mass is 262 g/mol. The Balaban J connectivity index is 2.01. The van der Waals surface area contributed by atoms with Crippen LogP contribution >= 0.6 is 0 Å². The number of hydrogen-bond donors (Lipinski definition) is 3. The molecule has 1 amide bonds. The molecule has 1 aromatic carbocycles. The topological polar surface area (TPSA) is 61.4 Å². The van der Waals surface area contributed by atoms with Crippen LogP contribution in [0.25, 0.3) is 0 Å². The number of nitrogens with one attached hydrogen (secondary N) is 2. The van der Waals surface area contributed by atoms with E-state index in [-0.39, 0.29) is 11.9 Å². The molecule has 4 nitrogen and oxygen atoms in total. The zero-order valence-corrected chi connectivity index (χ0v) is 11.6. The second kappa shape index (κ2) is 5.61. The van der Waals surface area contributed by atoms with E-state index in [1.807, 2.05) is 32.0 Å². The van der Waals surface area contributed by atoms with E-state index >= 15 is 0 Å². The molecule has 1 aliphatic rings. The number of para-hydroxylation sites is 1. The van der Waals surface area contributed by atoms with Crippen molar-refractivity contribution in [3.05, 3.63) is 29.8 Å². The van der Waals surface area contributed by atoms with E-state index in [2.05, 4.69) is 10.6 Å². The first-order chi connectivity index (χ1) is 9.00. The van der Waals surface area contributed by atoms with Crippen molar-refractivity contribution in [2.45, 2.75) is 44.8 Å². The van der Waals surface area contributed by atoms with Gasteiger partial charge in [0.25, 0.3) is 5.91 Å². The van der Waals surface area contributed by atoms with Gasteiger partial charge in [0.1, 0.15) is 0 Å². The third-order valence-corrected chi connectivity index (χ3v) is 3.48. The van der Waals surface area contributed by atoms with Crippen LogP contribution in [0.15, 0.2) is 24.3 Å². The lowest BCUT2D eigenvalue weighted by atomic mass is 9.80. The molecule has 0 heterocycles. The summed E-state index contributed by atoms with van der Waals surface area (Å²) in [5, 5.41) is 16.1. The normalized spacial score (nSPS) is 16.8. The maximum atomic E-state index is 12.2. The van der Waals surface area contributed by atoms with Crippen molar-refractivity contribution in [2.24, 2.45) is 0 Å². The summed E-state index contributed by atoms with van der Waals surface area (Å²) in [6.07, 6.45) is 2.59. The Morgan fingerprint density at radius 1 is 1.37 bits per heavy atom. The van der Waals surface area contributed by atoms with Crippen molar-refractivity contribution in [1.29, 1.82) is 0 Å². The number of carbonyl (C=O) groups excluding carboxylic acids is 1. The number of amides is 1. The minimum absolute atomic E-state index is 0.135. The highest BCUT2D eigenvalue weighted by atomic mass is 16.3. The van der Waals surface area contributed by atoms with Crippen molar-refractivity contribution >= 4 is 11.6 Å². The van der Waals surface area contributed by atoms with Crippen molar-refractivity contribution in [3.8, 4) is 0 Å². The second-order valence-corrected chi connectivity index (χ2v) is 5.61. The second-order valence-electron chi connectivity index (χ2n) is 5.61. The van der Waals surface area contributed by atoms with E-state index in [0.29, 0.717) is 12.1 Å². The third kappa shape index (κ3) is 3.47. The van der Waals surface area contributed by atoms with E-state index in [1.165, 1.54) is 0 Å². The summed E-state index contributed by atoms with van der Waals surface area (Å²) < 4.78 is 0. The molecule has 1 saturated carbocycles. The molecule has 1 aromatic rings. The van der Waals surface area contributed by atoms with Crippen molar-refractivity contribution in [1.82, 2.24) is 5.32 Å². The molecule has 0 unspecified atom stereocenters. The third-order valence-electron chi connectivity index (χ3n) is 3.48. The van der Waals surface area contributed by atoms with Crippen LogP contribution in [0, 0.1) is 0 Å². The molecule has 0 aromatic heterocycles. The van der Waals surface area contributed by atoms with E-state index in [0.717, 1.165) is 24.9 Å². The lowest BCUT2D eigenvalue weighted by molar-refractivity contribution is -0.0300. The average Bonchev–Trinajstić information content (AvgIpc) is 2.33. The summed E-state index contributed by atoms with van der Waals surface area (Å²) in [7, 11) is 0. The summed E-state index contributed by atoms with van der Waals surface area (Å²) >= 11 is 0. The fourth-order valence-electron chi connectivity index (χ4n) is 2.22. The number of aliphatic hydroxyl groups is 1. The van der Waals surface area contributed by atoms with Crippen LogP contribution in [0.1, 0.15) is 43.5 Å². The molecule has 104 valence electrons. The van der Waals surface area contributed by atoms with Gasteiger partial charge in [0.15, 0.2) is 0 Å². The number of hydrogen-bond acceptors (Lipinski definition) is 3. The molecule has 2 rings (SSSR count). The highest BCUT2D eigenvalue weighted by Crippen LogP contribution is 2.30. The molecule has 0 radical (unpaired) electrons. The zero-order chi connectivity index (χ0) is 13.9. The molecule has 4 heteroatoms. The maximum Gasteiger partial charge on any atom is 0.253 e. The first-order valence-electron chi connectivity index (χ1n) is 6.86. The summed E-state index contributed by atoms with van der Waals surface area (Å²) in [5.41, 5.74) is 0.769. The Morgan fingerprint density at radius 2 is 2.05 bits per heavy atom. The van der Waals surface area contributed by atoms with Crippen LogP contribution in [-0.2, 0) is 0 Å². The highest BCUT2D eigenvalue weighted by molar-refractivity contribution is 5.99. The van der Waals surface area contributed by atoms with Gasteiger partial charge in [-0.25, -0.2) is 0 Å². The highest BCUT2D eigenvalue weighted by Gasteiger charge is 2.34. The van der Waals surface area contributed by atoms with Crippen LogP contribution in [0.3, 0.4) is 0 Å². The van der Waals surface area contributed by atoms with Gasteiger partial charge in [-0.05, 0) is 45.2 Å². The standard InChI is InChI=1S/C15H22N2O2/c1-11(2)17-13-7-4-3-6-12(13)14(18)16-10-15(19)8-5-9-15/h3-4,6-7,11,17,19H,5,8-10H2,1-2H3,(H,16,18). The quantitative estimate of drug-likeness (QED) is 0.762. The van der Waals surface area contributed by atoms with Gasteiger partial charge in [-0.1, -0.05) is 12.1 Å². The molecule has 0 spiro atoms. The van der Waals surface area contributed by atoms with Crippen molar-refractivity contribution < 1.29 is 9.90 Å². The van der Waals surface area contributed by atoms with Gasteiger partial charge in [-0.2, -0.15) is 0 Å². The first kappa shape index (κ1) is 13.9. The molecule has 19 heavy (non-hydrogen) atoms. The molecular formula is C15H22N2O2. The SMILES string of the molecule is CC(C)Nc1ccccc1C(=O)NCC1(O)CCC1. The summed E-state index contributed by atoms with van der Waals surface area (Å²) in [5.74, 6) is -0.135. The van der Waals surface area contributed by atoms with Gasteiger partial charge < -0.3 is 15.7 Å². The fraction of sp³-hybridized carbons (Fsp3) is 0.533. The Morgan fingerprint density at radius 3 is 2.63 bits per heavy atom. The molecule has 1 fully saturated rings. The fourth-order valence-corrected chi connectivity index (χ4v) is 2.22. The molecule has 0 saturated heterocycles. The average molecular weight is 262 g/mol. The van der Waals surface area contributed by atoms with Crippen LogP contribution in [-0.4, -0.2) is 29.2 Å². The van der Waals surface area contributed by atoms with Crippen LogP contribution < -0.4 is 10.6 Å². The number of benzene rings is 1. The van der Waals surface area contributed by atoms with E-state index in [1.54, 1.807) is 6.07 Å². The number of carbonyl (C=O) groups is 1. The van der Waals surface area contributed by atoms with Crippen LogP contribution in [0.4, 0.5) is 5.69 Å². The van der Waals surface area contributed by atoms with Gasteiger partial charge in [-0.15, -0.1) is 0 Å². The van der Waals surface area contributed by atoms with Crippen molar-refractivity contribution in [3.63, 3.8) is 0 Å². The Kier molecular flexibility index (Phi) is 4.10. The Hall–Kier alpha value is -1.55. The minimum Gasteiger partial charge on any atom is -0.388 e. The molecule has 3 N–H and O–H groups in total. The van der Waals surface area contributed by atoms with Gasteiger partial charge in [0.05, 0.1) is 11.2 Å². The predicted molar refractivity (Wildman–Crippen MR) is 76.3 cm³/mol. The molecular weight excluding hydrogens is 240 g/mol. The summed E-state index contributed by atoms with van der Waals surface area (Å²) in [4.78, 5) is 12.2. The summed E-state index contributed by atoms with van der Waals surface area (Å²) in [6, 6.07) is 7.71. The van der Waals surface area contributed by atoms with Gasteiger partial charge in [0, 0.05) is 18.3 Å². The van der Waals surface area contributed by atoms with E-state index in [4.69, 9.17) is 0 Å². The van der Waals surface area contributed by atoms with Gasteiger partial charge in [0.2, 0.25) is 0 Å². The maximum absolute atomic E-state index is 12.2. The molecule has 1 aliphatic carbocycles. The molecule has 0 atom stereocenters. The molecule has 0 bridgehead atoms. The lowest BCUT2D eigenvalue weighted by Crippen LogP contribution is -2.47. The van der Waals surface area contributed by atoms with Crippen molar-refractivity contribution in [2.75, 3.05) is 11.9 Å². The number of anilines is 1. The summed E-state index contributed by atoms with van der Waals surface area (Å²) in [6.45, 7) is 4.40. The first-order valence-corrected chi connectivity index (χ1v) is 6.86. The van der Waals surface area contributed by atoms with E-state index in [9.17, 15) is 9.90 Å². The van der Waals surface area contributed by atoms with Crippen LogP contribution in [0.2, 0.25) is 0 Å². The smallest absolute Gasteiger partial charge is 0.253 e. The largest absolute Gasteiger partial charge is 0.388 e. The van der Waals surface area contributed by atoms with Crippen LogP contribution in [0.5, 0.6) is 0 Å². The number of rotatable bonds is 5. The Labute approximate surface area is 114 Å². The van der Waals surface area contributed by atoms with E-state index < -0.39 is 5.60 Å².